The lowest BCUT2D eigenvalue weighted by molar-refractivity contribution is -0.116. The SMILES string of the molecule is CCCCC(=O)Nc1nc(-c2ccc(OC)c(OC)c2)c(C)s1. The summed E-state index contributed by atoms with van der Waals surface area (Å²) in [6, 6.07) is 5.68. The summed E-state index contributed by atoms with van der Waals surface area (Å²) in [5.41, 5.74) is 1.78. The Hall–Kier alpha value is -2.08. The molecule has 2 aromatic rings. The molecule has 0 atom stereocenters. The van der Waals surface area contributed by atoms with Crippen LogP contribution in [0.2, 0.25) is 0 Å². The normalized spacial score (nSPS) is 10.4. The third-order valence-corrected chi connectivity index (χ3v) is 4.34. The Morgan fingerprint density at radius 1 is 1.26 bits per heavy atom. The van der Waals surface area contributed by atoms with Gasteiger partial charge in [-0.15, -0.1) is 11.3 Å². The molecule has 0 spiro atoms. The third kappa shape index (κ3) is 4.22. The number of carbonyl (C=O) groups is 1. The first-order chi connectivity index (χ1) is 11.1. The van der Waals surface area contributed by atoms with E-state index in [4.69, 9.17) is 9.47 Å². The molecule has 124 valence electrons. The van der Waals surface area contributed by atoms with Crippen LogP contribution in [0.15, 0.2) is 18.2 Å². The van der Waals surface area contributed by atoms with Gasteiger partial charge in [0.25, 0.3) is 0 Å². The number of methoxy groups -OCH3 is 2. The van der Waals surface area contributed by atoms with E-state index in [9.17, 15) is 4.79 Å². The molecule has 0 saturated carbocycles. The number of hydrogen-bond donors (Lipinski definition) is 1. The molecule has 1 heterocycles. The molecule has 0 saturated heterocycles. The van der Waals surface area contributed by atoms with Gasteiger partial charge in [0.2, 0.25) is 5.91 Å². The van der Waals surface area contributed by atoms with Gasteiger partial charge < -0.3 is 14.8 Å². The summed E-state index contributed by atoms with van der Waals surface area (Å²) in [4.78, 5) is 17.4. The van der Waals surface area contributed by atoms with Crippen LogP contribution in [0.3, 0.4) is 0 Å². The first-order valence-electron chi connectivity index (χ1n) is 7.58. The predicted octanol–water partition coefficient (Wildman–Crippen LogP) is 4.26. The molecular formula is C17H22N2O3S. The molecule has 0 fully saturated rings. The van der Waals surface area contributed by atoms with E-state index in [0.717, 1.165) is 29.0 Å². The molecule has 23 heavy (non-hydrogen) atoms. The van der Waals surface area contributed by atoms with Crippen LogP contribution >= 0.6 is 11.3 Å². The van der Waals surface area contributed by atoms with Crippen molar-refractivity contribution < 1.29 is 14.3 Å². The number of nitrogens with one attached hydrogen (secondary N) is 1. The van der Waals surface area contributed by atoms with E-state index in [1.165, 1.54) is 11.3 Å². The number of aromatic nitrogens is 1. The van der Waals surface area contributed by atoms with Crippen molar-refractivity contribution >= 4 is 22.4 Å². The summed E-state index contributed by atoms with van der Waals surface area (Å²) in [7, 11) is 3.21. The molecule has 0 aliphatic carbocycles. The molecule has 1 aromatic carbocycles. The molecule has 0 unspecified atom stereocenters. The quantitative estimate of drug-likeness (QED) is 0.821. The molecule has 1 amide bonds. The van der Waals surface area contributed by atoms with E-state index >= 15 is 0 Å². The van der Waals surface area contributed by atoms with E-state index < -0.39 is 0 Å². The second-order valence-corrected chi connectivity index (χ2v) is 6.35. The van der Waals surface area contributed by atoms with Gasteiger partial charge in [-0.25, -0.2) is 4.98 Å². The molecule has 6 heteroatoms. The van der Waals surface area contributed by atoms with Gasteiger partial charge in [0.1, 0.15) is 0 Å². The molecule has 0 bridgehead atoms. The van der Waals surface area contributed by atoms with Crippen molar-refractivity contribution in [1.82, 2.24) is 4.98 Å². The Morgan fingerprint density at radius 2 is 2.00 bits per heavy atom. The Balaban J connectivity index is 2.22. The van der Waals surface area contributed by atoms with E-state index in [0.29, 0.717) is 23.1 Å². The second-order valence-electron chi connectivity index (χ2n) is 5.15. The fourth-order valence-electron chi connectivity index (χ4n) is 2.22. The fourth-order valence-corrected chi connectivity index (χ4v) is 3.07. The molecule has 0 radical (unpaired) electrons. The number of aryl methyl sites for hydroxylation is 1. The standard InChI is InChI=1S/C17H22N2O3S/c1-5-6-7-15(20)18-17-19-16(11(2)23-17)12-8-9-13(21-3)14(10-12)22-4/h8-10H,5-7H2,1-4H3,(H,18,19,20). The molecule has 0 aliphatic rings. The lowest BCUT2D eigenvalue weighted by atomic mass is 10.1. The van der Waals surface area contributed by atoms with Crippen LogP contribution in [-0.4, -0.2) is 25.1 Å². The third-order valence-electron chi connectivity index (χ3n) is 3.46. The van der Waals surface area contributed by atoms with Crippen molar-refractivity contribution in [2.75, 3.05) is 19.5 Å². The van der Waals surface area contributed by atoms with Crippen molar-refractivity contribution in [3.63, 3.8) is 0 Å². The number of rotatable bonds is 7. The van der Waals surface area contributed by atoms with Gasteiger partial charge in [-0.3, -0.25) is 4.79 Å². The van der Waals surface area contributed by atoms with Gasteiger partial charge in [-0.05, 0) is 31.5 Å². The number of ether oxygens (including phenoxy) is 2. The zero-order valence-corrected chi connectivity index (χ0v) is 14.8. The van der Waals surface area contributed by atoms with Crippen LogP contribution < -0.4 is 14.8 Å². The summed E-state index contributed by atoms with van der Waals surface area (Å²) in [5, 5.41) is 3.50. The fraction of sp³-hybridized carbons (Fsp3) is 0.412. The largest absolute Gasteiger partial charge is 0.493 e. The topological polar surface area (TPSA) is 60.5 Å². The smallest absolute Gasteiger partial charge is 0.226 e. The van der Waals surface area contributed by atoms with Gasteiger partial charge in [0.15, 0.2) is 16.6 Å². The van der Waals surface area contributed by atoms with E-state index in [1.54, 1.807) is 14.2 Å². The first kappa shape index (κ1) is 17.3. The molecule has 5 nitrogen and oxygen atoms in total. The maximum atomic E-state index is 11.8. The minimum absolute atomic E-state index is 0.0134. The van der Waals surface area contributed by atoms with Gasteiger partial charge in [-0.2, -0.15) is 0 Å². The number of thiazole rings is 1. The highest BCUT2D eigenvalue weighted by Crippen LogP contribution is 2.35. The Labute approximate surface area is 140 Å². The van der Waals surface area contributed by atoms with Crippen LogP contribution in [0.1, 0.15) is 31.1 Å². The minimum Gasteiger partial charge on any atom is -0.493 e. The highest BCUT2D eigenvalue weighted by Gasteiger charge is 2.14. The Bertz CT molecular complexity index is 682. The monoisotopic (exact) mass is 334 g/mol. The molecular weight excluding hydrogens is 312 g/mol. The Morgan fingerprint density at radius 3 is 2.65 bits per heavy atom. The first-order valence-corrected chi connectivity index (χ1v) is 8.40. The number of carbonyl (C=O) groups excluding carboxylic acids is 1. The van der Waals surface area contributed by atoms with E-state index in [2.05, 4.69) is 17.2 Å². The van der Waals surface area contributed by atoms with Gasteiger partial charge in [-0.1, -0.05) is 13.3 Å². The summed E-state index contributed by atoms with van der Waals surface area (Å²) < 4.78 is 10.6. The van der Waals surface area contributed by atoms with Crippen molar-refractivity contribution in [2.45, 2.75) is 33.1 Å². The van der Waals surface area contributed by atoms with Crippen molar-refractivity contribution in [1.29, 1.82) is 0 Å². The maximum Gasteiger partial charge on any atom is 0.226 e. The van der Waals surface area contributed by atoms with Gasteiger partial charge in [0.05, 0.1) is 19.9 Å². The predicted molar refractivity (Wildman–Crippen MR) is 93.5 cm³/mol. The number of hydrogen-bond acceptors (Lipinski definition) is 5. The second kappa shape index (κ2) is 7.97. The summed E-state index contributed by atoms with van der Waals surface area (Å²) in [6.45, 7) is 4.06. The van der Waals surface area contributed by atoms with Crippen LogP contribution in [0.25, 0.3) is 11.3 Å². The van der Waals surface area contributed by atoms with Crippen LogP contribution in [0.4, 0.5) is 5.13 Å². The van der Waals surface area contributed by atoms with Gasteiger partial charge in [0, 0.05) is 16.9 Å². The molecule has 1 N–H and O–H groups in total. The van der Waals surface area contributed by atoms with E-state index in [1.807, 2.05) is 25.1 Å². The summed E-state index contributed by atoms with van der Waals surface area (Å²) in [5.74, 6) is 1.35. The van der Waals surface area contributed by atoms with Crippen LogP contribution in [-0.2, 0) is 4.79 Å². The van der Waals surface area contributed by atoms with Crippen molar-refractivity contribution in [3.05, 3.63) is 23.1 Å². The zero-order chi connectivity index (χ0) is 16.8. The summed E-state index contributed by atoms with van der Waals surface area (Å²) >= 11 is 1.48. The number of benzene rings is 1. The zero-order valence-electron chi connectivity index (χ0n) is 13.9. The molecule has 2 rings (SSSR count). The summed E-state index contributed by atoms with van der Waals surface area (Å²) in [6.07, 6.45) is 2.42. The number of amides is 1. The molecule has 1 aromatic heterocycles. The number of nitrogens with zero attached hydrogens (tertiary/aromatic N) is 1. The average Bonchev–Trinajstić information content (AvgIpc) is 2.92. The highest BCUT2D eigenvalue weighted by molar-refractivity contribution is 7.16. The highest BCUT2D eigenvalue weighted by atomic mass is 32.1. The maximum absolute atomic E-state index is 11.8. The van der Waals surface area contributed by atoms with Crippen molar-refractivity contribution in [3.8, 4) is 22.8 Å². The lowest BCUT2D eigenvalue weighted by Crippen LogP contribution is -2.10. The minimum atomic E-state index is 0.0134. The van der Waals surface area contributed by atoms with Crippen LogP contribution in [0, 0.1) is 6.92 Å². The lowest BCUT2D eigenvalue weighted by Gasteiger charge is -2.08. The van der Waals surface area contributed by atoms with Gasteiger partial charge >= 0.3 is 0 Å². The molecule has 0 aliphatic heterocycles. The van der Waals surface area contributed by atoms with Crippen molar-refractivity contribution in [2.24, 2.45) is 0 Å². The van der Waals surface area contributed by atoms with E-state index in [-0.39, 0.29) is 5.91 Å². The number of anilines is 1. The number of unbranched alkanes of at least 4 members (excludes halogenated alkanes) is 1. The van der Waals surface area contributed by atoms with Crippen LogP contribution in [0.5, 0.6) is 11.5 Å². The average molecular weight is 334 g/mol. The Kier molecular flexibility index (Phi) is 5.98.